The Hall–Kier alpha value is -1.56. The predicted molar refractivity (Wildman–Crippen MR) is 61.7 cm³/mol. The molecule has 6 nitrogen and oxygen atoms in total. The summed E-state index contributed by atoms with van der Waals surface area (Å²) in [5.74, 6) is -0.272. The molecule has 0 aromatic heterocycles. The summed E-state index contributed by atoms with van der Waals surface area (Å²) in [5, 5.41) is 9.71. The van der Waals surface area contributed by atoms with E-state index in [0.29, 0.717) is 26.1 Å². The van der Waals surface area contributed by atoms with Crippen molar-refractivity contribution in [3.05, 3.63) is 12.7 Å². The average molecular weight is 255 g/mol. The molecule has 0 aliphatic carbocycles. The van der Waals surface area contributed by atoms with Crippen LogP contribution in [0.2, 0.25) is 0 Å². The maximum absolute atomic E-state index is 11.9. The Morgan fingerprint density at radius 2 is 2.28 bits per heavy atom. The van der Waals surface area contributed by atoms with Gasteiger partial charge < -0.3 is 14.7 Å². The summed E-state index contributed by atoms with van der Waals surface area (Å²) >= 11 is 0. The van der Waals surface area contributed by atoms with E-state index in [4.69, 9.17) is 9.84 Å². The largest absolute Gasteiger partial charge is 0.531 e. The molecule has 2 heterocycles. The van der Waals surface area contributed by atoms with Crippen LogP contribution in [0.25, 0.3) is 0 Å². The second kappa shape index (κ2) is 4.97. The first-order valence-corrected chi connectivity index (χ1v) is 6.01. The summed E-state index contributed by atoms with van der Waals surface area (Å²) in [6, 6.07) is -0.262. The summed E-state index contributed by atoms with van der Waals surface area (Å²) in [5.41, 5.74) is -0.237. The van der Waals surface area contributed by atoms with Gasteiger partial charge >= 0.3 is 6.16 Å². The van der Waals surface area contributed by atoms with Crippen LogP contribution in [-0.4, -0.2) is 41.5 Å². The highest BCUT2D eigenvalue weighted by Crippen LogP contribution is 2.47. The number of hydroxylamine groups is 2. The van der Waals surface area contributed by atoms with Gasteiger partial charge in [0.05, 0.1) is 6.04 Å². The fourth-order valence-corrected chi connectivity index (χ4v) is 2.91. The lowest BCUT2D eigenvalue weighted by Gasteiger charge is -2.38. The molecule has 0 saturated carbocycles. The van der Waals surface area contributed by atoms with Crippen molar-refractivity contribution in [1.29, 1.82) is 0 Å². The number of carbonyl (C=O) groups is 2. The Labute approximate surface area is 105 Å². The minimum Gasteiger partial charge on any atom is -0.448 e. The summed E-state index contributed by atoms with van der Waals surface area (Å²) in [6.45, 7) is 4.87. The SMILES string of the molecule is C=CCC1N(OC(=O)O)C(=O)CC12CCOCC2. The van der Waals surface area contributed by atoms with E-state index in [1.165, 1.54) is 0 Å². The van der Waals surface area contributed by atoms with Crippen LogP contribution in [0.3, 0.4) is 0 Å². The van der Waals surface area contributed by atoms with Gasteiger partial charge in [-0.2, -0.15) is 5.06 Å². The van der Waals surface area contributed by atoms with E-state index in [2.05, 4.69) is 11.4 Å². The molecule has 2 aliphatic rings. The molecule has 0 radical (unpaired) electrons. The number of carboxylic acid groups (broad SMARTS) is 1. The maximum atomic E-state index is 11.9. The average Bonchev–Trinajstić information content (AvgIpc) is 2.55. The van der Waals surface area contributed by atoms with Crippen LogP contribution >= 0.6 is 0 Å². The highest BCUT2D eigenvalue weighted by molar-refractivity contribution is 5.80. The molecular formula is C12H17NO5. The molecule has 0 aromatic rings. The standard InChI is InChI=1S/C12H17NO5/c1-2-3-9-12(4-6-17-7-5-12)8-10(14)13(9)18-11(15)16/h2,9H,1,3-8H2,(H,15,16). The van der Waals surface area contributed by atoms with Gasteiger partial charge in [-0.05, 0) is 19.3 Å². The van der Waals surface area contributed by atoms with E-state index >= 15 is 0 Å². The van der Waals surface area contributed by atoms with Gasteiger partial charge in [-0.25, -0.2) is 4.79 Å². The first-order chi connectivity index (χ1) is 8.59. The monoisotopic (exact) mass is 255 g/mol. The van der Waals surface area contributed by atoms with Crippen LogP contribution in [0, 0.1) is 5.41 Å². The van der Waals surface area contributed by atoms with Crippen molar-refractivity contribution in [3.63, 3.8) is 0 Å². The first-order valence-electron chi connectivity index (χ1n) is 6.01. The number of nitrogens with zero attached hydrogens (tertiary/aromatic N) is 1. The second-order valence-corrected chi connectivity index (χ2v) is 4.77. The topological polar surface area (TPSA) is 76.1 Å². The van der Waals surface area contributed by atoms with Crippen molar-refractivity contribution in [2.75, 3.05) is 13.2 Å². The van der Waals surface area contributed by atoms with Gasteiger partial charge in [0.25, 0.3) is 5.91 Å². The molecule has 2 aliphatic heterocycles. The number of carbonyl (C=O) groups excluding carboxylic acids is 1. The van der Waals surface area contributed by atoms with Gasteiger partial charge in [0, 0.05) is 25.0 Å². The zero-order valence-electron chi connectivity index (χ0n) is 10.1. The fraction of sp³-hybridized carbons (Fsp3) is 0.667. The van der Waals surface area contributed by atoms with Crippen molar-refractivity contribution >= 4 is 12.1 Å². The Bertz CT molecular complexity index is 361. The van der Waals surface area contributed by atoms with Crippen LogP contribution in [0.4, 0.5) is 4.79 Å². The fourth-order valence-electron chi connectivity index (χ4n) is 2.91. The van der Waals surface area contributed by atoms with Crippen LogP contribution in [0.5, 0.6) is 0 Å². The van der Waals surface area contributed by atoms with Crippen molar-refractivity contribution < 1.29 is 24.3 Å². The van der Waals surface area contributed by atoms with Gasteiger partial charge in [0.2, 0.25) is 0 Å². The number of hydrogen-bond donors (Lipinski definition) is 1. The van der Waals surface area contributed by atoms with Crippen molar-refractivity contribution in [1.82, 2.24) is 5.06 Å². The molecule has 1 atom stereocenters. The van der Waals surface area contributed by atoms with Gasteiger partial charge in [-0.1, -0.05) is 6.08 Å². The lowest BCUT2D eigenvalue weighted by molar-refractivity contribution is -0.176. The van der Waals surface area contributed by atoms with Crippen molar-refractivity contribution in [2.24, 2.45) is 5.41 Å². The molecule has 6 heteroatoms. The molecule has 1 amide bonds. The van der Waals surface area contributed by atoms with E-state index in [-0.39, 0.29) is 17.4 Å². The van der Waals surface area contributed by atoms with E-state index in [9.17, 15) is 9.59 Å². The van der Waals surface area contributed by atoms with Crippen molar-refractivity contribution in [2.45, 2.75) is 31.7 Å². The lowest BCUT2D eigenvalue weighted by atomic mass is 9.73. The van der Waals surface area contributed by atoms with Crippen molar-refractivity contribution in [3.8, 4) is 0 Å². The Morgan fingerprint density at radius 3 is 2.83 bits per heavy atom. The van der Waals surface area contributed by atoms with Gasteiger partial charge in [0.15, 0.2) is 0 Å². The van der Waals surface area contributed by atoms with E-state index < -0.39 is 6.16 Å². The Balaban J connectivity index is 2.22. The zero-order valence-corrected chi connectivity index (χ0v) is 10.1. The van der Waals surface area contributed by atoms with Crippen LogP contribution < -0.4 is 0 Å². The minimum absolute atomic E-state index is 0.237. The van der Waals surface area contributed by atoms with Gasteiger partial charge in [-0.3, -0.25) is 4.79 Å². The number of ether oxygens (including phenoxy) is 1. The van der Waals surface area contributed by atoms with Crippen LogP contribution in [-0.2, 0) is 14.4 Å². The third-order valence-corrected chi connectivity index (χ3v) is 3.79. The van der Waals surface area contributed by atoms with E-state index in [1.807, 2.05) is 0 Å². The molecule has 1 unspecified atom stereocenters. The van der Waals surface area contributed by atoms with Crippen LogP contribution in [0.15, 0.2) is 12.7 Å². The summed E-state index contributed by atoms with van der Waals surface area (Å²) in [6.07, 6.45) is 2.58. The maximum Gasteiger partial charge on any atom is 0.531 e. The third-order valence-electron chi connectivity index (χ3n) is 3.79. The molecule has 18 heavy (non-hydrogen) atoms. The molecule has 0 bridgehead atoms. The number of amides is 1. The summed E-state index contributed by atoms with van der Waals surface area (Å²) in [4.78, 5) is 27.2. The van der Waals surface area contributed by atoms with Gasteiger partial charge in [-0.15, -0.1) is 6.58 Å². The number of hydrogen-bond acceptors (Lipinski definition) is 4. The molecule has 2 fully saturated rings. The molecule has 100 valence electrons. The second-order valence-electron chi connectivity index (χ2n) is 4.77. The van der Waals surface area contributed by atoms with E-state index in [0.717, 1.165) is 17.9 Å². The Kier molecular flexibility index (Phi) is 3.56. The lowest BCUT2D eigenvalue weighted by Crippen LogP contribution is -2.43. The summed E-state index contributed by atoms with van der Waals surface area (Å²) < 4.78 is 5.32. The third kappa shape index (κ3) is 2.20. The minimum atomic E-state index is -1.46. The highest BCUT2D eigenvalue weighted by atomic mass is 16.8. The smallest absolute Gasteiger partial charge is 0.448 e. The quantitative estimate of drug-likeness (QED) is 0.775. The normalized spacial score (nSPS) is 26.3. The highest BCUT2D eigenvalue weighted by Gasteiger charge is 2.53. The Morgan fingerprint density at radius 1 is 1.61 bits per heavy atom. The predicted octanol–water partition coefficient (Wildman–Crippen LogP) is 1.57. The van der Waals surface area contributed by atoms with E-state index in [1.54, 1.807) is 6.08 Å². The molecule has 2 saturated heterocycles. The first kappa shape index (κ1) is 12.9. The molecule has 1 N–H and O–H groups in total. The molecule has 2 rings (SSSR count). The number of rotatable bonds is 3. The summed E-state index contributed by atoms with van der Waals surface area (Å²) in [7, 11) is 0. The van der Waals surface area contributed by atoms with Crippen LogP contribution in [0.1, 0.15) is 25.7 Å². The molecule has 0 aromatic carbocycles. The zero-order chi connectivity index (χ0) is 13.2. The molecular weight excluding hydrogens is 238 g/mol. The molecule has 1 spiro atoms. The van der Waals surface area contributed by atoms with Gasteiger partial charge in [0.1, 0.15) is 0 Å².